The second-order valence-electron chi connectivity index (χ2n) is 15.1. The molecule has 6 heterocycles. The molecule has 2 unspecified atom stereocenters. The monoisotopic (exact) mass is 790 g/mol. The smallest absolute Gasteiger partial charge is 0.389 e. The number of nitrogens with zero attached hydrogens (tertiary/aromatic N) is 8. The zero-order valence-corrected chi connectivity index (χ0v) is 30.9. The van der Waals surface area contributed by atoms with Gasteiger partial charge in [-0.2, -0.15) is 18.3 Å². The number of benzene rings is 1. The standard InChI is InChI=1S/C38H41F3N10O6/c1-47-33-26(5-3-6-27(33)51(36(47)56)28-8-9-31(52)45-35(28)55)48-14-16-49(17-15-48)32(53)19-37(57)12-10-23(11-13-37)50-21-22-18-30(42-20-25(22)46-50)44-34(54)24-4-2-7-29(43-24)38(39,40)41/h2-7,18,20-21,23,28,34,44,54,57H,8-17,19H2,1H3,(H,45,52,55). The van der Waals surface area contributed by atoms with Gasteiger partial charge < -0.3 is 25.3 Å². The van der Waals surface area contributed by atoms with Crippen molar-refractivity contribution in [3.8, 4) is 0 Å². The Kier molecular flexibility index (Phi) is 9.75. The number of amides is 3. The van der Waals surface area contributed by atoms with Crippen LogP contribution in [0.3, 0.4) is 0 Å². The summed E-state index contributed by atoms with van der Waals surface area (Å²) in [6.07, 6.45) is -0.563. The molecule has 8 rings (SSSR count). The third-order valence-electron chi connectivity index (χ3n) is 11.4. The largest absolute Gasteiger partial charge is 0.433 e. The first-order chi connectivity index (χ1) is 27.2. The molecule has 3 amide bonds. The number of halogens is 3. The predicted octanol–water partition coefficient (Wildman–Crippen LogP) is 3.16. The SMILES string of the molecule is Cn1c(=O)n(C2CCC(=O)NC2=O)c2cccc(N3CCN(C(=O)CC4(O)CCC(n5cc6cc(NC(O)c7cccc(C(F)(F)F)n7)ncc6n5)CC4)CC3)c21. The fourth-order valence-electron chi connectivity index (χ4n) is 8.26. The van der Waals surface area contributed by atoms with Gasteiger partial charge in [0.05, 0.1) is 46.7 Å². The number of aliphatic hydroxyl groups is 2. The number of alkyl halides is 3. The van der Waals surface area contributed by atoms with Crippen LogP contribution in [0.25, 0.3) is 21.9 Å². The Morgan fingerprint density at radius 2 is 1.79 bits per heavy atom. The van der Waals surface area contributed by atoms with E-state index in [4.69, 9.17) is 0 Å². The van der Waals surface area contributed by atoms with Crippen molar-refractivity contribution in [2.24, 2.45) is 7.05 Å². The summed E-state index contributed by atoms with van der Waals surface area (Å²) >= 11 is 0. The van der Waals surface area contributed by atoms with E-state index >= 15 is 0 Å². The minimum Gasteiger partial charge on any atom is -0.389 e. The van der Waals surface area contributed by atoms with Gasteiger partial charge in [-0.1, -0.05) is 12.1 Å². The van der Waals surface area contributed by atoms with Gasteiger partial charge >= 0.3 is 11.9 Å². The summed E-state index contributed by atoms with van der Waals surface area (Å²) in [7, 11) is 1.66. The van der Waals surface area contributed by atoms with Gasteiger partial charge in [-0.3, -0.25) is 33.5 Å². The molecule has 3 fully saturated rings. The van der Waals surface area contributed by atoms with Gasteiger partial charge in [0.1, 0.15) is 23.1 Å². The second-order valence-corrected chi connectivity index (χ2v) is 15.1. The Labute approximate surface area is 322 Å². The van der Waals surface area contributed by atoms with Gasteiger partial charge in [-0.25, -0.2) is 14.8 Å². The van der Waals surface area contributed by atoms with Crippen LogP contribution in [0, 0.1) is 0 Å². The summed E-state index contributed by atoms with van der Waals surface area (Å²) in [5.74, 6) is -0.769. The molecular formula is C38H41F3N10O6. The second kappa shape index (κ2) is 14.6. The summed E-state index contributed by atoms with van der Waals surface area (Å²) < 4.78 is 44.1. The van der Waals surface area contributed by atoms with E-state index in [0.29, 0.717) is 73.8 Å². The van der Waals surface area contributed by atoms with Crippen molar-refractivity contribution in [3.63, 3.8) is 0 Å². The van der Waals surface area contributed by atoms with Crippen LogP contribution in [-0.4, -0.2) is 93.5 Å². The number of aryl methyl sites for hydroxylation is 1. The van der Waals surface area contributed by atoms with Crippen molar-refractivity contribution in [2.75, 3.05) is 36.4 Å². The molecular weight excluding hydrogens is 749 g/mol. The van der Waals surface area contributed by atoms with Gasteiger partial charge in [-0.05, 0) is 62.4 Å². The number of carbonyl (C=O) groups excluding carboxylic acids is 3. The molecule has 57 heavy (non-hydrogen) atoms. The lowest BCUT2D eigenvalue weighted by molar-refractivity contribution is -0.141. The molecule has 300 valence electrons. The van der Waals surface area contributed by atoms with Gasteiger partial charge in [0.25, 0.3) is 0 Å². The van der Waals surface area contributed by atoms with Crippen LogP contribution in [0.15, 0.2) is 59.7 Å². The number of hydrogen-bond donors (Lipinski definition) is 4. The molecule has 2 atom stereocenters. The number of piperazine rings is 1. The average Bonchev–Trinajstić information content (AvgIpc) is 3.72. The third-order valence-corrected chi connectivity index (χ3v) is 11.4. The van der Waals surface area contributed by atoms with Crippen molar-refractivity contribution in [1.29, 1.82) is 0 Å². The fraction of sp³-hybridized carbons (Fsp3) is 0.447. The minimum atomic E-state index is -4.65. The van der Waals surface area contributed by atoms with Crippen molar-refractivity contribution in [3.05, 3.63) is 76.7 Å². The summed E-state index contributed by atoms with van der Waals surface area (Å²) in [6, 6.07) is 9.61. The molecule has 4 N–H and O–H groups in total. The molecule has 1 saturated carbocycles. The van der Waals surface area contributed by atoms with Crippen LogP contribution in [0.4, 0.5) is 24.7 Å². The Balaban J connectivity index is 0.864. The highest BCUT2D eigenvalue weighted by Gasteiger charge is 2.38. The number of fused-ring (bicyclic) bond motifs is 2. The lowest BCUT2D eigenvalue weighted by atomic mass is 9.80. The number of imide groups is 1. The van der Waals surface area contributed by atoms with E-state index in [9.17, 15) is 42.6 Å². The van der Waals surface area contributed by atoms with E-state index in [-0.39, 0.29) is 54.3 Å². The van der Waals surface area contributed by atoms with Gasteiger partial charge in [0.15, 0.2) is 6.23 Å². The molecule has 1 aromatic carbocycles. The minimum absolute atomic E-state index is 0.0122. The topological polar surface area (TPSA) is 193 Å². The Hall–Kier alpha value is -5.82. The molecule has 2 saturated heterocycles. The average molecular weight is 791 g/mol. The van der Waals surface area contributed by atoms with E-state index in [2.05, 4.69) is 30.6 Å². The number of rotatable bonds is 8. The van der Waals surface area contributed by atoms with Gasteiger partial charge in [0.2, 0.25) is 17.7 Å². The molecule has 4 aromatic heterocycles. The molecule has 19 heteroatoms. The van der Waals surface area contributed by atoms with Gasteiger partial charge in [0, 0.05) is 51.2 Å². The first-order valence-electron chi connectivity index (χ1n) is 18.8. The zero-order valence-electron chi connectivity index (χ0n) is 30.9. The van der Waals surface area contributed by atoms with Crippen molar-refractivity contribution < 1.29 is 37.8 Å². The highest BCUT2D eigenvalue weighted by molar-refractivity contribution is 6.00. The molecule has 0 radical (unpaired) electrons. The van der Waals surface area contributed by atoms with Crippen LogP contribution in [0.1, 0.15) is 74.6 Å². The van der Waals surface area contributed by atoms with E-state index in [0.717, 1.165) is 11.8 Å². The maximum absolute atomic E-state index is 13.5. The molecule has 16 nitrogen and oxygen atoms in total. The number of para-hydroxylation sites is 1. The van der Waals surface area contributed by atoms with Crippen LogP contribution >= 0.6 is 0 Å². The Bertz CT molecular complexity index is 2430. The summed E-state index contributed by atoms with van der Waals surface area (Å²) in [4.78, 5) is 63.0. The van der Waals surface area contributed by atoms with E-state index < -0.39 is 35.6 Å². The van der Waals surface area contributed by atoms with E-state index in [1.165, 1.54) is 27.5 Å². The van der Waals surface area contributed by atoms with Gasteiger partial charge in [-0.15, -0.1) is 0 Å². The first kappa shape index (κ1) is 38.1. The number of imidazole rings is 1. The van der Waals surface area contributed by atoms with Crippen molar-refractivity contribution in [1.82, 2.24) is 39.1 Å². The molecule has 5 aromatic rings. The lowest BCUT2D eigenvalue weighted by Crippen LogP contribution is -2.51. The highest BCUT2D eigenvalue weighted by Crippen LogP contribution is 2.38. The number of carbonyl (C=O) groups is 3. The van der Waals surface area contributed by atoms with E-state index in [1.807, 2.05) is 18.3 Å². The van der Waals surface area contributed by atoms with E-state index in [1.54, 1.807) is 28.8 Å². The summed E-state index contributed by atoms with van der Waals surface area (Å²) in [5.41, 5.74) is -0.199. The number of aliphatic hydroxyl groups excluding tert-OH is 1. The number of hydrogen-bond acceptors (Lipinski definition) is 11. The normalized spacial score (nSPS) is 22.6. The van der Waals surface area contributed by atoms with Crippen LogP contribution < -0.4 is 21.2 Å². The predicted molar refractivity (Wildman–Crippen MR) is 200 cm³/mol. The Morgan fingerprint density at radius 3 is 2.51 bits per heavy atom. The maximum Gasteiger partial charge on any atom is 0.433 e. The zero-order chi connectivity index (χ0) is 40.2. The number of anilines is 2. The number of pyridine rings is 2. The fourth-order valence-corrected chi connectivity index (χ4v) is 8.26. The molecule has 0 bridgehead atoms. The molecule has 1 aliphatic carbocycles. The summed E-state index contributed by atoms with van der Waals surface area (Å²) in [6.45, 7) is 1.86. The third kappa shape index (κ3) is 7.43. The summed E-state index contributed by atoms with van der Waals surface area (Å²) in [5, 5.41) is 32.4. The molecule has 0 spiro atoms. The number of piperidine rings is 1. The van der Waals surface area contributed by atoms with Crippen molar-refractivity contribution >= 4 is 51.2 Å². The Morgan fingerprint density at radius 1 is 1.05 bits per heavy atom. The maximum atomic E-state index is 13.5. The van der Waals surface area contributed by atoms with Crippen LogP contribution in [0.2, 0.25) is 0 Å². The van der Waals surface area contributed by atoms with Crippen LogP contribution in [0.5, 0.6) is 0 Å². The number of aromatic nitrogens is 6. The number of nitrogens with one attached hydrogen (secondary N) is 2. The molecule has 2 aliphatic heterocycles. The molecule has 3 aliphatic rings. The van der Waals surface area contributed by atoms with Crippen LogP contribution in [-0.2, 0) is 27.6 Å². The highest BCUT2D eigenvalue weighted by atomic mass is 19.4. The lowest BCUT2D eigenvalue weighted by Gasteiger charge is -2.40. The first-order valence-corrected chi connectivity index (χ1v) is 18.8. The quantitative estimate of drug-likeness (QED) is 0.133. The van der Waals surface area contributed by atoms with Crippen molar-refractivity contribution in [2.45, 2.75) is 75.0 Å².